The van der Waals surface area contributed by atoms with Crippen molar-refractivity contribution >= 4 is 17.6 Å². The number of nitrogens with zero attached hydrogens (tertiary/aromatic N) is 2. The van der Waals surface area contributed by atoms with Crippen molar-refractivity contribution in [3.8, 4) is 0 Å². The Labute approximate surface area is 178 Å². The molecule has 1 aromatic carbocycles. The van der Waals surface area contributed by atoms with Gasteiger partial charge in [0.05, 0.1) is 11.5 Å². The van der Waals surface area contributed by atoms with Crippen molar-refractivity contribution in [3.63, 3.8) is 0 Å². The molecule has 0 bridgehead atoms. The van der Waals surface area contributed by atoms with Gasteiger partial charge in [0.25, 0.3) is 5.91 Å². The molecule has 1 aromatic heterocycles. The molecule has 4 rings (SSSR count). The topological polar surface area (TPSA) is 62.3 Å². The summed E-state index contributed by atoms with van der Waals surface area (Å²) in [7, 11) is 0. The SMILES string of the molecule is Cc1cccnc1NC(=O)[C@H]1c2ccccc2C(=O)N(CC(C)C)C12CCCCC2. The molecule has 2 aromatic rings. The molecule has 1 saturated carbocycles. The Hall–Kier alpha value is -2.69. The zero-order chi connectivity index (χ0) is 21.3. The van der Waals surface area contributed by atoms with Crippen molar-refractivity contribution in [2.24, 2.45) is 5.92 Å². The second kappa shape index (κ2) is 8.21. The smallest absolute Gasteiger partial charge is 0.254 e. The summed E-state index contributed by atoms with van der Waals surface area (Å²) in [6, 6.07) is 11.5. The van der Waals surface area contributed by atoms with Gasteiger partial charge in [0.15, 0.2) is 0 Å². The summed E-state index contributed by atoms with van der Waals surface area (Å²) in [6.45, 7) is 6.88. The first-order valence-corrected chi connectivity index (χ1v) is 11.1. The standard InChI is InChI=1S/C25H31N3O2/c1-17(2)16-28-24(30)20-12-6-5-11-19(20)21(25(28)13-7-4-8-14-25)23(29)27-22-18(3)10-9-15-26-22/h5-6,9-12,15,17,21H,4,7-8,13-14,16H2,1-3H3,(H,26,27,29)/t21-/m1/s1. The summed E-state index contributed by atoms with van der Waals surface area (Å²) in [5.74, 6) is 0.538. The van der Waals surface area contributed by atoms with E-state index in [9.17, 15) is 9.59 Å². The third-order valence-corrected chi connectivity index (χ3v) is 6.60. The minimum Gasteiger partial charge on any atom is -0.332 e. The van der Waals surface area contributed by atoms with Gasteiger partial charge in [0.2, 0.25) is 5.91 Å². The van der Waals surface area contributed by atoms with Crippen LogP contribution in [0.25, 0.3) is 0 Å². The van der Waals surface area contributed by atoms with Crippen molar-refractivity contribution < 1.29 is 9.59 Å². The van der Waals surface area contributed by atoms with Gasteiger partial charge in [-0.05, 0) is 48.9 Å². The number of carbonyl (C=O) groups excluding carboxylic acids is 2. The molecule has 1 spiro atoms. The van der Waals surface area contributed by atoms with Crippen molar-refractivity contribution in [2.45, 2.75) is 64.3 Å². The molecule has 2 amide bonds. The number of aromatic nitrogens is 1. The lowest BCUT2D eigenvalue weighted by atomic mass is 9.65. The average molecular weight is 406 g/mol. The van der Waals surface area contributed by atoms with Gasteiger partial charge in [0.1, 0.15) is 5.82 Å². The quantitative estimate of drug-likeness (QED) is 0.785. The first-order chi connectivity index (χ1) is 14.4. The summed E-state index contributed by atoms with van der Waals surface area (Å²) in [6.07, 6.45) is 6.65. The molecular weight excluding hydrogens is 374 g/mol. The maximum absolute atomic E-state index is 13.8. The highest BCUT2D eigenvalue weighted by atomic mass is 16.2. The number of rotatable bonds is 4. The van der Waals surface area contributed by atoms with Crippen molar-refractivity contribution in [1.29, 1.82) is 0 Å². The lowest BCUT2D eigenvalue weighted by molar-refractivity contribution is -0.122. The molecule has 0 radical (unpaired) electrons. The number of aryl methyl sites for hydroxylation is 1. The summed E-state index contributed by atoms with van der Waals surface area (Å²) in [5.41, 5.74) is 1.98. The van der Waals surface area contributed by atoms with Gasteiger partial charge < -0.3 is 10.2 Å². The van der Waals surface area contributed by atoms with Gasteiger partial charge in [-0.1, -0.05) is 57.4 Å². The first-order valence-electron chi connectivity index (χ1n) is 11.1. The second-order valence-electron chi connectivity index (χ2n) is 9.15. The van der Waals surface area contributed by atoms with Gasteiger partial charge in [-0.25, -0.2) is 4.98 Å². The molecule has 2 heterocycles. The Morgan fingerprint density at radius 3 is 2.60 bits per heavy atom. The third kappa shape index (κ3) is 3.51. The van der Waals surface area contributed by atoms with Gasteiger partial charge in [0, 0.05) is 18.3 Å². The van der Waals surface area contributed by atoms with Gasteiger partial charge >= 0.3 is 0 Å². The number of fused-ring (bicyclic) bond motifs is 1. The molecule has 1 aliphatic heterocycles. The number of benzene rings is 1. The Kier molecular flexibility index (Phi) is 5.63. The van der Waals surface area contributed by atoms with Crippen molar-refractivity contribution in [3.05, 3.63) is 59.3 Å². The van der Waals surface area contributed by atoms with Crippen LogP contribution in [0.1, 0.15) is 73.4 Å². The second-order valence-corrected chi connectivity index (χ2v) is 9.15. The lowest BCUT2D eigenvalue weighted by Crippen LogP contribution is -2.62. The summed E-state index contributed by atoms with van der Waals surface area (Å²) < 4.78 is 0. The summed E-state index contributed by atoms with van der Waals surface area (Å²) in [5, 5.41) is 3.09. The van der Waals surface area contributed by atoms with Crippen LogP contribution in [-0.4, -0.2) is 33.8 Å². The average Bonchev–Trinajstić information content (AvgIpc) is 2.73. The van der Waals surface area contributed by atoms with Crippen molar-refractivity contribution in [2.75, 3.05) is 11.9 Å². The van der Waals surface area contributed by atoms with E-state index in [0.717, 1.165) is 43.2 Å². The minimum atomic E-state index is -0.472. The third-order valence-electron chi connectivity index (χ3n) is 6.60. The molecule has 158 valence electrons. The van der Waals surface area contributed by atoms with Gasteiger partial charge in [-0.3, -0.25) is 9.59 Å². The van der Waals surface area contributed by atoms with Crippen LogP contribution in [0.3, 0.4) is 0 Å². The Balaban J connectivity index is 1.83. The molecule has 1 fully saturated rings. The fraction of sp³-hybridized carbons (Fsp3) is 0.480. The highest BCUT2D eigenvalue weighted by Crippen LogP contribution is 2.49. The fourth-order valence-electron chi connectivity index (χ4n) is 5.28. The minimum absolute atomic E-state index is 0.0626. The van der Waals surface area contributed by atoms with Crippen molar-refractivity contribution in [1.82, 2.24) is 9.88 Å². The van der Waals surface area contributed by atoms with Crippen LogP contribution < -0.4 is 5.32 Å². The maximum Gasteiger partial charge on any atom is 0.254 e. The van der Waals surface area contributed by atoms with E-state index < -0.39 is 11.5 Å². The van der Waals surface area contributed by atoms with Gasteiger partial charge in [-0.15, -0.1) is 0 Å². The van der Waals surface area contributed by atoms with E-state index >= 15 is 0 Å². The van der Waals surface area contributed by atoms with Gasteiger partial charge in [-0.2, -0.15) is 0 Å². The van der Waals surface area contributed by atoms with E-state index in [1.807, 2.05) is 48.2 Å². The number of hydrogen-bond acceptors (Lipinski definition) is 3. The molecule has 5 heteroatoms. The van der Waals surface area contributed by atoms with Crippen LogP contribution >= 0.6 is 0 Å². The Bertz CT molecular complexity index is 947. The molecule has 30 heavy (non-hydrogen) atoms. The molecule has 1 atom stereocenters. The fourth-order valence-corrected chi connectivity index (χ4v) is 5.28. The highest BCUT2D eigenvalue weighted by Gasteiger charge is 2.54. The number of anilines is 1. The van der Waals surface area contributed by atoms with E-state index in [2.05, 4.69) is 24.1 Å². The maximum atomic E-state index is 13.8. The number of carbonyl (C=O) groups is 2. The number of hydrogen-bond donors (Lipinski definition) is 1. The molecule has 1 N–H and O–H groups in total. The number of nitrogens with one attached hydrogen (secondary N) is 1. The van der Waals surface area contributed by atoms with E-state index in [1.54, 1.807) is 6.20 Å². The number of pyridine rings is 1. The molecule has 0 unspecified atom stereocenters. The summed E-state index contributed by atoms with van der Waals surface area (Å²) >= 11 is 0. The monoisotopic (exact) mass is 405 g/mol. The zero-order valence-corrected chi connectivity index (χ0v) is 18.1. The highest BCUT2D eigenvalue weighted by molar-refractivity contribution is 6.05. The predicted octanol–water partition coefficient (Wildman–Crippen LogP) is 4.93. The predicted molar refractivity (Wildman–Crippen MR) is 118 cm³/mol. The molecule has 5 nitrogen and oxygen atoms in total. The van der Waals surface area contributed by atoms with E-state index in [0.29, 0.717) is 23.8 Å². The van der Waals surface area contributed by atoms with E-state index in [4.69, 9.17) is 0 Å². The molecule has 1 aliphatic carbocycles. The Morgan fingerprint density at radius 1 is 1.17 bits per heavy atom. The first kappa shape index (κ1) is 20.6. The largest absolute Gasteiger partial charge is 0.332 e. The van der Waals surface area contributed by atoms with Crippen LogP contribution in [-0.2, 0) is 4.79 Å². The van der Waals surface area contributed by atoms with Crippen LogP contribution in [0, 0.1) is 12.8 Å². The molecule has 2 aliphatic rings. The van der Waals surface area contributed by atoms with Crippen LogP contribution in [0.15, 0.2) is 42.6 Å². The van der Waals surface area contributed by atoms with E-state index in [1.165, 1.54) is 0 Å². The molecular formula is C25H31N3O2. The van der Waals surface area contributed by atoms with Crippen LogP contribution in [0.2, 0.25) is 0 Å². The normalized spacial score (nSPS) is 20.3. The number of amides is 2. The summed E-state index contributed by atoms with van der Waals surface area (Å²) in [4.78, 5) is 33.8. The van der Waals surface area contributed by atoms with Crippen LogP contribution in [0.5, 0.6) is 0 Å². The Morgan fingerprint density at radius 2 is 1.90 bits per heavy atom. The molecule has 0 saturated heterocycles. The van der Waals surface area contributed by atoms with E-state index in [-0.39, 0.29) is 11.8 Å². The zero-order valence-electron chi connectivity index (χ0n) is 18.1. The lowest BCUT2D eigenvalue weighted by Gasteiger charge is -2.54. The van der Waals surface area contributed by atoms with Crippen LogP contribution in [0.4, 0.5) is 5.82 Å².